The molecular weight excluding hydrogens is 360 g/mol. The number of thiocarbonyl (C=S) groups is 1. The van der Waals surface area contributed by atoms with Crippen molar-refractivity contribution in [3.05, 3.63) is 18.2 Å². The third-order valence-electron chi connectivity index (χ3n) is 3.84. The second-order valence-electron chi connectivity index (χ2n) is 5.49. The van der Waals surface area contributed by atoms with Gasteiger partial charge < -0.3 is 14.8 Å². The molecule has 1 fully saturated rings. The maximum atomic E-state index is 12.2. The highest BCUT2D eigenvalue weighted by atomic mass is 32.2. The first-order valence-corrected chi connectivity index (χ1v) is 9.32. The zero-order valence-corrected chi connectivity index (χ0v) is 16.2. The van der Waals surface area contributed by atoms with Crippen LogP contribution in [0, 0.1) is 0 Å². The second kappa shape index (κ2) is 9.05. The lowest BCUT2D eigenvalue weighted by molar-refractivity contribution is -0.126. The molecule has 0 radical (unpaired) electrons. The van der Waals surface area contributed by atoms with Gasteiger partial charge in [0.15, 0.2) is 0 Å². The molecule has 136 valence electrons. The topological polar surface area (TPSA) is 67.9 Å². The first-order chi connectivity index (χ1) is 12.0. The van der Waals surface area contributed by atoms with Crippen molar-refractivity contribution < 1.29 is 19.1 Å². The van der Waals surface area contributed by atoms with Gasteiger partial charge in [-0.3, -0.25) is 14.5 Å². The van der Waals surface area contributed by atoms with Crippen molar-refractivity contribution in [2.24, 2.45) is 0 Å². The number of hydrogen-bond donors (Lipinski definition) is 1. The average molecular weight is 383 g/mol. The van der Waals surface area contributed by atoms with Gasteiger partial charge in [-0.15, -0.1) is 0 Å². The highest BCUT2D eigenvalue weighted by molar-refractivity contribution is 8.24. The Morgan fingerprint density at radius 3 is 2.72 bits per heavy atom. The molecule has 1 atom stereocenters. The van der Waals surface area contributed by atoms with Crippen molar-refractivity contribution in [2.75, 3.05) is 26.1 Å². The lowest BCUT2D eigenvalue weighted by Crippen LogP contribution is -2.32. The molecule has 2 rings (SSSR count). The summed E-state index contributed by atoms with van der Waals surface area (Å²) in [5.41, 5.74) is 0.557. The SMILES string of the molecule is CCC1SC(=S)N(CCCC(=O)Nc2cc(OC)ccc2OC)C1=O. The van der Waals surface area contributed by atoms with Crippen LogP contribution in [0.1, 0.15) is 26.2 Å². The zero-order chi connectivity index (χ0) is 18.4. The summed E-state index contributed by atoms with van der Waals surface area (Å²) in [6.45, 7) is 2.43. The monoisotopic (exact) mass is 382 g/mol. The Labute approximate surface area is 157 Å². The van der Waals surface area contributed by atoms with E-state index in [1.54, 1.807) is 37.3 Å². The molecule has 1 N–H and O–H groups in total. The number of carbonyl (C=O) groups excluding carboxylic acids is 2. The van der Waals surface area contributed by atoms with E-state index in [-0.39, 0.29) is 23.5 Å². The third kappa shape index (κ3) is 4.85. The predicted octanol–water partition coefficient (Wildman–Crippen LogP) is 3.06. The Hall–Kier alpha value is -1.80. The molecule has 1 aromatic carbocycles. The van der Waals surface area contributed by atoms with E-state index >= 15 is 0 Å². The van der Waals surface area contributed by atoms with Crippen LogP contribution in [-0.2, 0) is 9.59 Å². The van der Waals surface area contributed by atoms with Crippen molar-refractivity contribution in [2.45, 2.75) is 31.4 Å². The van der Waals surface area contributed by atoms with Gasteiger partial charge in [0.05, 0.1) is 25.2 Å². The quantitative estimate of drug-likeness (QED) is 0.697. The largest absolute Gasteiger partial charge is 0.497 e. The average Bonchev–Trinajstić information content (AvgIpc) is 2.89. The van der Waals surface area contributed by atoms with E-state index in [2.05, 4.69) is 5.32 Å². The van der Waals surface area contributed by atoms with Crippen molar-refractivity contribution >= 4 is 45.8 Å². The minimum atomic E-state index is -0.149. The number of ether oxygens (including phenoxy) is 2. The number of rotatable bonds is 8. The summed E-state index contributed by atoms with van der Waals surface area (Å²) in [6.07, 6.45) is 1.59. The fourth-order valence-corrected chi connectivity index (χ4v) is 3.96. The summed E-state index contributed by atoms with van der Waals surface area (Å²) >= 11 is 6.67. The Kier molecular flexibility index (Phi) is 7.07. The number of nitrogens with one attached hydrogen (secondary N) is 1. The van der Waals surface area contributed by atoms with Crippen LogP contribution in [0.15, 0.2) is 18.2 Å². The molecule has 1 unspecified atom stereocenters. The molecule has 1 aromatic rings. The van der Waals surface area contributed by atoms with E-state index < -0.39 is 0 Å². The van der Waals surface area contributed by atoms with Gasteiger partial charge in [-0.05, 0) is 25.0 Å². The number of benzene rings is 1. The number of anilines is 1. The molecule has 1 aliphatic rings. The number of thioether (sulfide) groups is 1. The zero-order valence-electron chi connectivity index (χ0n) is 14.5. The van der Waals surface area contributed by atoms with Crippen molar-refractivity contribution in [1.82, 2.24) is 4.90 Å². The molecule has 0 spiro atoms. The van der Waals surface area contributed by atoms with Gasteiger partial charge in [0.2, 0.25) is 11.8 Å². The van der Waals surface area contributed by atoms with E-state index in [0.717, 1.165) is 6.42 Å². The molecule has 0 aliphatic carbocycles. The van der Waals surface area contributed by atoms with Crippen molar-refractivity contribution in [3.63, 3.8) is 0 Å². The van der Waals surface area contributed by atoms with Gasteiger partial charge in [0.25, 0.3) is 0 Å². The van der Waals surface area contributed by atoms with Crippen LogP contribution in [0.4, 0.5) is 5.69 Å². The lowest BCUT2D eigenvalue weighted by Gasteiger charge is -2.15. The predicted molar refractivity (Wildman–Crippen MR) is 103 cm³/mol. The fourth-order valence-electron chi connectivity index (χ4n) is 2.48. The van der Waals surface area contributed by atoms with Crippen LogP contribution in [-0.4, -0.2) is 47.0 Å². The molecule has 8 heteroatoms. The third-order valence-corrected chi connectivity index (χ3v) is 5.59. The van der Waals surface area contributed by atoms with Gasteiger partial charge in [-0.25, -0.2) is 0 Å². The highest BCUT2D eigenvalue weighted by Gasteiger charge is 2.35. The summed E-state index contributed by atoms with van der Waals surface area (Å²) in [5, 5.41) is 2.74. The Morgan fingerprint density at radius 1 is 1.36 bits per heavy atom. The Morgan fingerprint density at radius 2 is 2.12 bits per heavy atom. The van der Waals surface area contributed by atoms with Crippen LogP contribution < -0.4 is 14.8 Å². The number of nitrogens with zero attached hydrogens (tertiary/aromatic N) is 1. The summed E-state index contributed by atoms with van der Waals surface area (Å²) < 4.78 is 11.0. The maximum absolute atomic E-state index is 12.2. The molecule has 25 heavy (non-hydrogen) atoms. The first-order valence-electron chi connectivity index (χ1n) is 8.04. The molecule has 0 saturated carbocycles. The molecule has 1 saturated heterocycles. The van der Waals surface area contributed by atoms with Crippen LogP contribution in [0.3, 0.4) is 0 Å². The highest BCUT2D eigenvalue weighted by Crippen LogP contribution is 2.30. The lowest BCUT2D eigenvalue weighted by atomic mass is 10.2. The fraction of sp³-hybridized carbons (Fsp3) is 0.471. The van der Waals surface area contributed by atoms with Gasteiger partial charge >= 0.3 is 0 Å². The van der Waals surface area contributed by atoms with Gasteiger partial charge in [-0.2, -0.15) is 0 Å². The normalized spacial score (nSPS) is 16.9. The smallest absolute Gasteiger partial charge is 0.241 e. The number of methoxy groups -OCH3 is 2. The van der Waals surface area contributed by atoms with Crippen molar-refractivity contribution in [3.8, 4) is 11.5 Å². The summed E-state index contributed by atoms with van der Waals surface area (Å²) in [4.78, 5) is 25.9. The molecule has 2 amide bonds. The minimum absolute atomic E-state index is 0.0485. The van der Waals surface area contributed by atoms with Crippen LogP contribution in [0.2, 0.25) is 0 Å². The number of hydrogen-bond acceptors (Lipinski definition) is 6. The van der Waals surface area contributed by atoms with E-state index in [1.165, 1.54) is 11.8 Å². The molecule has 0 bridgehead atoms. The molecule has 6 nitrogen and oxygen atoms in total. The molecule has 0 aromatic heterocycles. The second-order valence-corrected chi connectivity index (χ2v) is 7.33. The van der Waals surface area contributed by atoms with E-state index in [4.69, 9.17) is 21.7 Å². The van der Waals surface area contributed by atoms with Crippen LogP contribution >= 0.6 is 24.0 Å². The van der Waals surface area contributed by atoms with Crippen LogP contribution in [0.5, 0.6) is 11.5 Å². The summed E-state index contributed by atoms with van der Waals surface area (Å²) in [7, 11) is 3.10. The molecule has 1 aliphatic heterocycles. The Balaban J connectivity index is 1.87. The standard InChI is InChI=1S/C17H22N2O4S2/c1-4-14-16(21)19(17(24)25-14)9-5-6-15(20)18-12-10-11(22-2)7-8-13(12)23-3/h7-8,10,14H,4-6,9H2,1-3H3,(H,18,20). The molecule has 1 heterocycles. The summed E-state index contributed by atoms with van der Waals surface area (Å²) in [6, 6.07) is 5.20. The number of carbonyl (C=O) groups is 2. The van der Waals surface area contributed by atoms with E-state index in [0.29, 0.717) is 34.5 Å². The van der Waals surface area contributed by atoms with Crippen molar-refractivity contribution in [1.29, 1.82) is 0 Å². The van der Waals surface area contributed by atoms with Crippen LogP contribution in [0.25, 0.3) is 0 Å². The maximum Gasteiger partial charge on any atom is 0.241 e. The summed E-state index contributed by atoms with van der Waals surface area (Å²) in [5.74, 6) is 1.09. The molecular formula is C17H22N2O4S2. The van der Waals surface area contributed by atoms with Gasteiger partial charge in [0.1, 0.15) is 15.8 Å². The number of amides is 2. The first kappa shape index (κ1) is 19.5. The van der Waals surface area contributed by atoms with E-state index in [1.807, 2.05) is 6.92 Å². The van der Waals surface area contributed by atoms with Gasteiger partial charge in [0, 0.05) is 19.0 Å². The minimum Gasteiger partial charge on any atom is -0.497 e. The Bertz CT molecular complexity index is 666. The van der Waals surface area contributed by atoms with E-state index in [9.17, 15) is 9.59 Å². The van der Waals surface area contributed by atoms with Gasteiger partial charge in [-0.1, -0.05) is 30.9 Å².